The molecule has 0 spiro atoms. The van der Waals surface area contributed by atoms with E-state index in [0.717, 1.165) is 29.8 Å². The Morgan fingerprint density at radius 1 is 1.08 bits per heavy atom. The van der Waals surface area contributed by atoms with Crippen LogP contribution in [0.1, 0.15) is 24.0 Å². The highest BCUT2D eigenvalue weighted by Crippen LogP contribution is 2.16. The minimum Gasteiger partial charge on any atom is -0.497 e. The predicted octanol–water partition coefficient (Wildman–Crippen LogP) is 3.14. The molecular weight excluding hydrogens is 330 g/mol. The van der Waals surface area contributed by atoms with Gasteiger partial charge in [0.2, 0.25) is 5.91 Å². The smallest absolute Gasteiger partial charge is 0.319 e. The average Bonchev–Trinajstić information content (AvgIpc) is 3.07. The minimum absolute atomic E-state index is 0.213. The monoisotopic (exact) mass is 353 g/mol. The van der Waals surface area contributed by atoms with Gasteiger partial charge in [-0.05, 0) is 41.8 Å². The van der Waals surface area contributed by atoms with Crippen molar-refractivity contribution in [1.82, 2.24) is 10.2 Å². The molecule has 136 valence electrons. The highest BCUT2D eigenvalue weighted by molar-refractivity contribution is 5.89. The third kappa shape index (κ3) is 4.75. The zero-order valence-electron chi connectivity index (χ0n) is 14.8. The van der Waals surface area contributed by atoms with Crippen molar-refractivity contribution in [3.63, 3.8) is 0 Å². The number of likely N-dealkylation sites (tertiary alicyclic amines) is 1. The van der Waals surface area contributed by atoms with Gasteiger partial charge in [-0.1, -0.05) is 24.3 Å². The van der Waals surface area contributed by atoms with E-state index < -0.39 is 0 Å². The highest BCUT2D eigenvalue weighted by Gasteiger charge is 2.19. The summed E-state index contributed by atoms with van der Waals surface area (Å²) in [4.78, 5) is 25.6. The lowest BCUT2D eigenvalue weighted by Crippen LogP contribution is -2.28. The number of urea groups is 1. The summed E-state index contributed by atoms with van der Waals surface area (Å²) in [6, 6.07) is 14.8. The number of hydrogen-bond donors (Lipinski definition) is 2. The largest absolute Gasteiger partial charge is 0.497 e. The second kappa shape index (κ2) is 8.38. The molecular formula is C20H23N3O3. The van der Waals surface area contributed by atoms with Crippen LogP contribution >= 0.6 is 0 Å². The van der Waals surface area contributed by atoms with Crippen LogP contribution < -0.4 is 15.4 Å². The van der Waals surface area contributed by atoms with Crippen LogP contribution in [0.2, 0.25) is 0 Å². The number of rotatable bonds is 6. The van der Waals surface area contributed by atoms with Crippen LogP contribution in [0.25, 0.3) is 0 Å². The Hall–Kier alpha value is -3.02. The van der Waals surface area contributed by atoms with Crippen molar-refractivity contribution in [1.29, 1.82) is 0 Å². The molecule has 6 nitrogen and oxygen atoms in total. The van der Waals surface area contributed by atoms with E-state index in [4.69, 9.17) is 4.74 Å². The molecule has 2 aromatic rings. The number of benzene rings is 2. The number of hydrogen-bond acceptors (Lipinski definition) is 3. The van der Waals surface area contributed by atoms with Crippen LogP contribution in [0.4, 0.5) is 10.5 Å². The van der Waals surface area contributed by atoms with E-state index in [-0.39, 0.29) is 11.9 Å². The molecule has 26 heavy (non-hydrogen) atoms. The fourth-order valence-corrected chi connectivity index (χ4v) is 2.89. The quantitative estimate of drug-likeness (QED) is 0.838. The van der Waals surface area contributed by atoms with E-state index in [2.05, 4.69) is 10.6 Å². The lowest BCUT2D eigenvalue weighted by Gasteiger charge is -2.15. The van der Waals surface area contributed by atoms with Gasteiger partial charge in [-0.15, -0.1) is 0 Å². The zero-order valence-corrected chi connectivity index (χ0v) is 14.8. The second-order valence-corrected chi connectivity index (χ2v) is 6.27. The van der Waals surface area contributed by atoms with Crippen molar-refractivity contribution >= 4 is 17.6 Å². The fourth-order valence-electron chi connectivity index (χ4n) is 2.89. The maximum atomic E-state index is 12.0. The van der Waals surface area contributed by atoms with Crippen LogP contribution in [-0.2, 0) is 17.9 Å². The Labute approximate surface area is 153 Å². The molecule has 1 saturated heterocycles. The van der Waals surface area contributed by atoms with Crippen molar-refractivity contribution < 1.29 is 14.3 Å². The lowest BCUT2D eigenvalue weighted by atomic mass is 10.2. The van der Waals surface area contributed by atoms with Gasteiger partial charge in [-0.25, -0.2) is 4.79 Å². The standard InChI is InChI=1S/C20H23N3O3/c1-26-18-10-6-15(7-11-18)13-21-20(25)22-17-8-4-16(5-9-17)14-23-12-2-3-19(23)24/h4-11H,2-3,12-14H2,1H3,(H2,21,22,25). The lowest BCUT2D eigenvalue weighted by molar-refractivity contribution is -0.128. The fraction of sp³-hybridized carbons (Fsp3) is 0.300. The Morgan fingerprint density at radius 3 is 2.38 bits per heavy atom. The molecule has 3 amide bonds. The molecule has 1 aliphatic rings. The number of amides is 3. The van der Waals surface area contributed by atoms with Crippen LogP contribution in [0.5, 0.6) is 5.75 Å². The average molecular weight is 353 g/mol. The third-order valence-electron chi connectivity index (χ3n) is 4.37. The van der Waals surface area contributed by atoms with Crippen molar-refractivity contribution in [2.45, 2.75) is 25.9 Å². The molecule has 2 aromatic carbocycles. The molecule has 3 rings (SSSR count). The molecule has 0 saturated carbocycles. The number of methoxy groups -OCH3 is 1. The Kier molecular flexibility index (Phi) is 5.73. The minimum atomic E-state index is -0.261. The van der Waals surface area contributed by atoms with Crippen LogP contribution in [-0.4, -0.2) is 30.5 Å². The maximum absolute atomic E-state index is 12.0. The first-order valence-electron chi connectivity index (χ1n) is 8.68. The van der Waals surface area contributed by atoms with Gasteiger partial charge >= 0.3 is 6.03 Å². The van der Waals surface area contributed by atoms with E-state index in [1.807, 2.05) is 53.4 Å². The summed E-state index contributed by atoms with van der Waals surface area (Å²) in [5, 5.41) is 5.63. The summed E-state index contributed by atoms with van der Waals surface area (Å²) in [5.41, 5.74) is 2.77. The Bertz CT molecular complexity index is 757. The third-order valence-corrected chi connectivity index (χ3v) is 4.37. The van der Waals surface area contributed by atoms with Crippen molar-refractivity contribution in [2.24, 2.45) is 0 Å². The van der Waals surface area contributed by atoms with E-state index in [0.29, 0.717) is 25.2 Å². The molecule has 0 radical (unpaired) electrons. The summed E-state index contributed by atoms with van der Waals surface area (Å²) < 4.78 is 5.11. The summed E-state index contributed by atoms with van der Waals surface area (Å²) in [7, 11) is 1.62. The number of nitrogens with one attached hydrogen (secondary N) is 2. The van der Waals surface area contributed by atoms with E-state index in [1.165, 1.54) is 0 Å². The molecule has 0 unspecified atom stereocenters. The van der Waals surface area contributed by atoms with Gasteiger partial charge in [-0.3, -0.25) is 4.79 Å². The molecule has 1 fully saturated rings. The van der Waals surface area contributed by atoms with Crippen molar-refractivity contribution in [3.8, 4) is 5.75 Å². The van der Waals surface area contributed by atoms with Gasteiger partial charge in [0.05, 0.1) is 7.11 Å². The molecule has 2 N–H and O–H groups in total. The number of carbonyl (C=O) groups is 2. The van der Waals surface area contributed by atoms with Gasteiger partial charge < -0.3 is 20.3 Å². The van der Waals surface area contributed by atoms with Crippen LogP contribution in [0, 0.1) is 0 Å². The van der Waals surface area contributed by atoms with Gasteiger partial charge in [-0.2, -0.15) is 0 Å². The summed E-state index contributed by atoms with van der Waals surface area (Å²) >= 11 is 0. The van der Waals surface area contributed by atoms with E-state index in [1.54, 1.807) is 7.11 Å². The first-order chi connectivity index (χ1) is 12.6. The Morgan fingerprint density at radius 2 is 1.77 bits per heavy atom. The number of carbonyl (C=O) groups excluding carboxylic acids is 2. The SMILES string of the molecule is COc1ccc(CNC(=O)Nc2ccc(CN3CCCC3=O)cc2)cc1. The van der Waals surface area contributed by atoms with Gasteiger partial charge in [0.25, 0.3) is 0 Å². The van der Waals surface area contributed by atoms with Gasteiger partial charge in [0.15, 0.2) is 0 Å². The van der Waals surface area contributed by atoms with E-state index >= 15 is 0 Å². The molecule has 1 heterocycles. The predicted molar refractivity (Wildman–Crippen MR) is 99.9 cm³/mol. The molecule has 0 atom stereocenters. The number of anilines is 1. The molecule has 0 bridgehead atoms. The van der Waals surface area contributed by atoms with Gasteiger partial charge in [0, 0.05) is 31.7 Å². The molecule has 6 heteroatoms. The maximum Gasteiger partial charge on any atom is 0.319 e. The zero-order chi connectivity index (χ0) is 18.4. The normalized spacial score (nSPS) is 13.6. The van der Waals surface area contributed by atoms with Crippen molar-refractivity contribution in [3.05, 3.63) is 59.7 Å². The topological polar surface area (TPSA) is 70.7 Å². The second-order valence-electron chi connectivity index (χ2n) is 6.27. The number of ether oxygens (including phenoxy) is 1. The molecule has 0 aliphatic carbocycles. The van der Waals surface area contributed by atoms with Crippen LogP contribution in [0.3, 0.4) is 0 Å². The first-order valence-corrected chi connectivity index (χ1v) is 8.68. The number of nitrogens with zero attached hydrogens (tertiary/aromatic N) is 1. The molecule has 1 aliphatic heterocycles. The summed E-state index contributed by atoms with van der Waals surface area (Å²) in [5.74, 6) is 0.999. The highest BCUT2D eigenvalue weighted by atomic mass is 16.5. The molecule has 0 aromatic heterocycles. The first kappa shape index (κ1) is 17.8. The summed E-state index contributed by atoms with van der Waals surface area (Å²) in [6.07, 6.45) is 1.58. The Balaban J connectivity index is 1.47. The summed E-state index contributed by atoms with van der Waals surface area (Å²) in [6.45, 7) is 1.89. The van der Waals surface area contributed by atoms with Crippen LogP contribution in [0.15, 0.2) is 48.5 Å². The van der Waals surface area contributed by atoms with Gasteiger partial charge in [0.1, 0.15) is 5.75 Å². The van der Waals surface area contributed by atoms with Crippen molar-refractivity contribution in [2.75, 3.05) is 19.0 Å². The van der Waals surface area contributed by atoms with E-state index in [9.17, 15) is 9.59 Å².